The van der Waals surface area contributed by atoms with Gasteiger partial charge in [0.1, 0.15) is 6.42 Å². The van der Waals surface area contributed by atoms with Crippen molar-refractivity contribution in [3.63, 3.8) is 0 Å². The Morgan fingerprint density at radius 1 is 1.12 bits per heavy atom. The Bertz CT molecular complexity index is 593. The van der Waals surface area contributed by atoms with E-state index < -0.39 is 0 Å². The largest absolute Gasteiger partial charge is 0.354 e. The highest BCUT2D eigenvalue weighted by molar-refractivity contribution is 5.96. The number of likely N-dealkylation sites (N-methyl/N-ethyl adjacent to an activating group) is 1. The van der Waals surface area contributed by atoms with Crippen LogP contribution in [-0.2, 0) is 9.59 Å². The van der Waals surface area contributed by atoms with Gasteiger partial charge < -0.3 is 15.1 Å². The molecule has 6 nitrogen and oxygen atoms in total. The lowest BCUT2D eigenvalue weighted by Gasteiger charge is -2.34. The highest BCUT2D eigenvalue weighted by atomic mass is 16.2. The van der Waals surface area contributed by atoms with Crippen molar-refractivity contribution in [2.45, 2.75) is 6.42 Å². The van der Waals surface area contributed by atoms with E-state index in [2.05, 4.69) is 34.5 Å². The van der Waals surface area contributed by atoms with Crippen molar-refractivity contribution in [2.75, 3.05) is 59.9 Å². The van der Waals surface area contributed by atoms with Gasteiger partial charge in [-0.3, -0.25) is 14.5 Å². The molecule has 1 heterocycles. The third-order valence-electron chi connectivity index (χ3n) is 4.39. The highest BCUT2D eigenvalue weighted by Crippen LogP contribution is 2.06. The molecule has 0 spiro atoms. The van der Waals surface area contributed by atoms with Gasteiger partial charge in [-0.2, -0.15) is 0 Å². The van der Waals surface area contributed by atoms with Gasteiger partial charge in [0.05, 0.1) is 0 Å². The predicted octanol–water partition coefficient (Wildman–Crippen LogP) is 0.912. The first-order valence-electron chi connectivity index (χ1n) is 9.18. The van der Waals surface area contributed by atoms with Crippen LogP contribution in [-0.4, -0.2) is 86.4 Å². The second kappa shape index (κ2) is 10.7. The van der Waals surface area contributed by atoms with Crippen LogP contribution in [0.4, 0.5) is 0 Å². The molecule has 0 bridgehead atoms. The maximum absolute atomic E-state index is 12.2. The SMILES string of the molecule is CN(C)CCNC(=O)CC(=O)N1CCN(C/C=C/c2ccccc2)CC1. The zero-order chi connectivity index (χ0) is 18.8. The molecule has 0 radical (unpaired) electrons. The van der Waals surface area contributed by atoms with E-state index in [1.165, 1.54) is 5.56 Å². The van der Waals surface area contributed by atoms with E-state index in [-0.39, 0.29) is 18.2 Å². The molecule has 26 heavy (non-hydrogen) atoms. The number of nitrogens with one attached hydrogen (secondary N) is 1. The maximum atomic E-state index is 12.2. The van der Waals surface area contributed by atoms with Crippen molar-refractivity contribution in [2.24, 2.45) is 0 Å². The van der Waals surface area contributed by atoms with Crippen LogP contribution in [0.2, 0.25) is 0 Å². The van der Waals surface area contributed by atoms with Gasteiger partial charge in [-0.1, -0.05) is 42.5 Å². The summed E-state index contributed by atoms with van der Waals surface area (Å²) in [5, 5.41) is 2.79. The molecule has 1 aliphatic heterocycles. The molecule has 1 fully saturated rings. The van der Waals surface area contributed by atoms with E-state index in [1.807, 2.05) is 37.2 Å². The van der Waals surface area contributed by atoms with Gasteiger partial charge in [-0.15, -0.1) is 0 Å². The molecular weight excluding hydrogens is 328 g/mol. The van der Waals surface area contributed by atoms with E-state index in [1.54, 1.807) is 4.90 Å². The number of nitrogens with zero attached hydrogens (tertiary/aromatic N) is 3. The minimum absolute atomic E-state index is 0.0542. The third-order valence-corrected chi connectivity index (χ3v) is 4.39. The Kier molecular flexibility index (Phi) is 8.31. The topological polar surface area (TPSA) is 55.9 Å². The average Bonchev–Trinajstić information content (AvgIpc) is 2.63. The fraction of sp³-hybridized carbons (Fsp3) is 0.500. The fourth-order valence-corrected chi connectivity index (χ4v) is 2.81. The molecule has 1 saturated heterocycles. The quantitative estimate of drug-likeness (QED) is 0.702. The molecule has 6 heteroatoms. The predicted molar refractivity (Wildman–Crippen MR) is 105 cm³/mol. The fourth-order valence-electron chi connectivity index (χ4n) is 2.81. The van der Waals surface area contributed by atoms with Crippen LogP contribution in [0.3, 0.4) is 0 Å². The molecule has 142 valence electrons. The Labute approximate surface area is 156 Å². The second-order valence-electron chi connectivity index (χ2n) is 6.82. The first-order valence-corrected chi connectivity index (χ1v) is 9.18. The van der Waals surface area contributed by atoms with Crippen molar-refractivity contribution in [3.8, 4) is 0 Å². The van der Waals surface area contributed by atoms with Crippen LogP contribution in [0.5, 0.6) is 0 Å². The second-order valence-corrected chi connectivity index (χ2v) is 6.82. The number of benzene rings is 1. The molecule has 0 aliphatic carbocycles. The minimum Gasteiger partial charge on any atom is -0.354 e. The molecule has 0 unspecified atom stereocenters. The Morgan fingerprint density at radius 3 is 2.46 bits per heavy atom. The molecular formula is C20H30N4O2. The Hall–Kier alpha value is -2.18. The van der Waals surface area contributed by atoms with Crippen LogP contribution >= 0.6 is 0 Å². The first-order chi connectivity index (χ1) is 12.5. The van der Waals surface area contributed by atoms with E-state index in [4.69, 9.17) is 0 Å². The smallest absolute Gasteiger partial charge is 0.232 e. The van der Waals surface area contributed by atoms with Crippen LogP contribution in [0.25, 0.3) is 6.08 Å². The van der Waals surface area contributed by atoms with Gasteiger partial charge in [0.25, 0.3) is 0 Å². The minimum atomic E-state index is -0.190. The number of carbonyl (C=O) groups excluding carboxylic acids is 2. The number of hydrogen-bond donors (Lipinski definition) is 1. The summed E-state index contributed by atoms with van der Waals surface area (Å²) in [5.74, 6) is -0.267. The lowest BCUT2D eigenvalue weighted by atomic mass is 10.2. The molecule has 1 aromatic rings. The molecule has 2 rings (SSSR count). The molecule has 0 saturated carbocycles. The van der Waals surface area contributed by atoms with Crippen molar-refractivity contribution in [1.82, 2.24) is 20.0 Å². The molecule has 0 aromatic heterocycles. The molecule has 1 aromatic carbocycles. The highest BCUT2D eigenvalue weighted by Gasteiger charge is 2.22. The van der Waals surface area contributed by atoms with E-state index >= 15 is 0 Å². The van der Waals surface area contributed by atoms with Crippen LogP contribution in [0.15, 0.2) is 36.4 Å². The standard InChI is InChI=1S/C20H30N4O2/c1-22(2)12-10-21-19(25)17-20(26)24-15-13-23(14-16-24)11-6-9-18-7-4-3-5-8-18/h3-9H,10-17H2,1-2H3,(H,21,25)/b9-6+. The van der Waals surface area contributed by atoms with Crippen molar-refractivity contribution < 1.29 is 9.59 Å². The Morgan fingerprint density at radius 2 is 1.81 bits per heavy atom. The maximum Gasteiger partial charge on any atom is 0.232 e. The van der Waals surface area contributed by atoms with Gasteiger partial charge in [0.15, 0.2) is 0 Å². The van der Waals surface area contributed by atoms with Crippen molar-refractivity contribution in [1.29, 1.82) is 0 Å². The van der Waals surface area contributed by atoms with E-state index in [0.29, 0.717) is 19.6 Å². The summed E-state index contributed by atoms with van der Waals surface area (Å²) < 4.78 is 0. The van der Waals surface area contributed by atoms with Gasteiger partial charge in [-0.05, 0) is 19.7 Å². The van der Waals surface area contributed by atoms with Gasteiger partial charge in [-0.25, -0.2) is 0 Å². The number of carbonyl (C=O) groups is 2. The summed E-state index contributed by atoms with van der Waals surface area (Å²) in [6.45, 7) is 5.27. The lowest BCUT2D eigenvalue weighted by molar-refractivity contribution is -0.137. The molecule has 0 atom stereocenters. The normalized spacial score (nSPS) is 15.6. The number of hydrogen-bond acceptors (Lipinski definition) is 4. The van der Waals surface area contributed by atoms with Gasteiger partial charge in [0, 0.05) is 45.8 Å². The zero-order valence-electron chi connectivity index (χ0n) is 15.9. The summed E-state index contributed by atoms with van der Waals surface area (Å²) in [4.78, 5) is 30.2. The van der Waals surface area contributed by atoms with Crippen LogP contribution < -0.4 is 5.32 Å². The lowest BCUT2D eigenvalue weighted by Crippen LogP contribution is -2.49. The number of rotatable bonds is 8. The van der Waals surface area contributed by atoms with Crippen molar-refractivity contribution in [3.05, 3.63) is 42.0 Å². The summed E-state index contributed by atoms with van der Waals surface area (Å²) in [6.07, 6.45) is 4.22. The molecule has 1 N–H and O–H groups in total. The Balaban J connectivity index is 1.65. The van der Waals surface area contributed by atoms with Gasteiger partial charge in [0.2, 0.25) is 11.8 Å². The van der Waals surface area contributed by atoms with E-state index in [0.717, 1.165) is 26.2 Å². The van der Waals surface area contributed by atoms with Crippen LogP contribution in [0.1, 0.15) is 12.0 Å². The van der Waals surface area contributed by atoms with Crippen molar-refractivity contribution >= 4 is 17.9 Å². The van der Waals surface area contributed by atoms with Crippen LogP contribution in [0, 0.1) is 0 Å². The first kappa shape index (κ1) is 20.1. The van der Waals surface area contributed by atoms with Gasteiger partial charge >= 0.3 is 0 Å². The number of piperazine rings is 1. The summed E-state index contributed by atoms with van der Waals surface area (Å²) >= 11 is 0. The molecule has 2 amide bonds. The monoisotopic (exact) mass is 358 g/mol. The molecule has 1 aliphatic rings. The zero-order valence-corrected chi connectivity index (χ0v) is 15.9. The average molecular weight is 358 g/mol. The summed E-state index contributed by atoms with van der Waals surface area (Å²) in [6, 6.07) is 10.2. The summed E-state index contributed by atoms with van der Waals surface area (Å²) in [5.41, 5.74) is 1.20. The van der Waals surface area contributed by atoms with E-state index in [9.17, 15) is 9.59 Å². The number of amides is 2. The summed E-state index contributed by atoms with van der Waals surface area (Å²) in [7, 11) is 3.90. The third kappa shape index (κ3) is 7.37.